The largest absolute Gasteiger partial charge is 0.493 e. The summed E-state index contributed by atoms with van der Waals surface area (Å²) in [7, 11) is 3.08. The van der Waals surface area contributed by atoms with Crippen molar-refractivity contribution >= 4 is 23.4 Å². The predicted octanol–water partition coefficient (Wildman–Crippen LogP) is 4.35. The minimum absolute atomic E-state index is 0.0560. The molecule has 200 valence electrons. The number of methoxy groups -OCH3 is 2. The fourth-order valence-electron chi connectivity index (χ4n) is 4.98. The highest BCUT2D eigenvalue weighted by Gasteiger charge is 2.36. The van der Waals surface area contributed by atoms with Crippen molar-refractivity contribution in [3.8, 4) is 23.0 Å². The summed E-state index contributed by atoms with van der Waals surface area (Å²) in [4.78, 5) is 28.6. The van der Waals surface area contributed by atoms with Crippen molar-refractivity contribution in [2.75, 3.05) is 33.3 Å². The van der Waals surface area contributed by atoms with E-state index in [0.717, 1.165) is 25.7 Å². The lowest BCUT2D eigenvalue weighted by Gasteiger charge is -2.36. The summed E-state index contributed by atoms with van der Waals surface area (Å²) in [6, 6.07) is 11.7. The molecule has 4 rings (SSSR count). The van der Waals surface area contributed by atoms with Crippen LogP contribution in [0.4, 0.5) is 0 Å². The number of para-hydroxylation sites is 2. The number of amides is 2. The van der Waals surface area contributed by atoms with E-state index in [2.05, 4.69) is 12.2 Å². The second-order valence-corrected chi connectivity index (χ2v) is 9.93. The SMILES string of the molecule is COc1ccc(C(C(=O)NC2CCC(C)CC2)N(CC2COc3ccccc3O2)C(=O)CCl)cc1OC. The first-order chi connectivity index (χ1) is 17.9. The first kappa shape index (κ1) is 26.9. The van der Waals surface area contributed by atoms with E-state index in [-0.39, 0.29) is 36.9 Å². The molecule has 1 heterocycles. The molecule has 1 aliphatic carbocycles. The lowest BCUT2D eigenvalue weighted by Crippen LogP contribution is -2.51. The average molecular weight is 531 g/mol. The van der Waals surface area contributed by atoms with E-state index in [1.165, 1.54) is 12.0 Å². The second-order valence-electron chi connectivity index (χ2n) is 9.66. The van der Waals surface area contributed by atoms with Crippen LogP contribution in [0, 0.1) is 5.92 Å². The van der Waals surface area contributed by atoms with E-state index in [1.807, 2.05) is 24.3 Å². The first-order valence-electron chi connectivity index (χ1n) is 12.7. The van der Waals surface area contributed by atoms with Gasteiger partial charge in [-0.05, 0) is 61.4 Å². The van der Waals surface area contributed by atoms with Crippen LogP contribution >= 0.6 is 11.6 Å². The first-order valence-corrected chi connectivity index (χ1v) is 13.2. The van der Waals surface area contributed by atoms with Crippen molar-refractivity contribution in [2.45, 2.75) is 50.8 Å². The number of hydrogen-bond donors (Lipinski definition) is 1. The molecule has 1 aliphatic heterocycles. The summed E-state index contributed by atoms with van der Waals surface area (Å²) in [6.45, 7) is 2.59. The molecule has 2 atom stereocenters. The van der Waals surface area contributed by atoms with Gasteiger partial charge in [0, 0.05) is 6.04 Å². The molecule has 2 unspecified atom stereocenters. The number of halogens is 1. The zero-order chi connectivity index (χ0) is 26.4. The van der Waals surface area contributed by atoms with Gasteiger partial charge in [0.15, 0.2) is 29.1 Å². The van der Waals surface area contributed by atoms with Crippen molar-refractivity contribution in [2.24, 2.45) is 5.92 Å². The Kier molecular flexibility index (Phi) is 9.03. The van der Waals surface area contributed by atoms with Gasteiger partial charge in [0.2, 0.25) is 11.8 Å². The minimum atomic E-state index is -0.939. The van der Waals surface area contributed by atoms with Gasteiger partial charge in [-0.1, -0.05) is 25.1 Å². The predicted molar refractivity (Wildman–Crippen MR) is 141 cm³/mol. The molecule has 1 fully saturated rings. The highest BCUT2D eigenvalue weighted by molar-refractivity contribution is 6.27. The van der Waals surface area contributed by atoms with Gasteiger partial charge in [0.25, 0.3) is 0 Å². The highest BCUT2D eigenvalue weighted by Crippen LogP contribution is 2.35. The van der Waals surface area contributed by atoms with Crippen LogP contribution < -0.4 is 24.3 Å². The van der Waals surface area contributed by atoms with Gasteiger partial charge in [-0.3, -0.25) is 9.59 Å². The van der Waals surface area contributed by atoms with E-state index in [9.17, 15) is 9.59 Å². The summed E-state index contributed by atoms with van der Waals surface area (Å²) >= 11 is 6.06. The number of carbonyl (C=O) groups is 2. The maximum atomic E-state index is 13.9. The molecule has 0 radical (unpaired) electrons. The molecule has 0 saturated heterocycles. The Bertz CT molecular complexity index is 1090. The molecule has 9 heteroatoms. The quantitative estimate of drug-likeness (QED) is 0.485. The summed E-state index contributed by atoms with van der Waals surface area (Å²) in [5.41, 5.74) is 0.593. The highest BCUT2D eigenvalue weighted by atomic mass is 35.5. The molecule has 2 amide bonds. The average Bonchev–Trinajstić information content (AvgIpc) is 2.93. The van der Waals surface area contributed by atoms with Crippen LogP contribution in [-0.4, -0.2) is 62.1 Å². The fourth-order valence-corrected chi connectivity index (χ4v) is 5.13. The van der Waals surface area contributed by atoms with E-state index in [1.54, 1.807) is 25.3 Å². The Labute approximate surface area is 223 Å². The van der Waals surface area contributed by atoms with Crippen LogP contribution in [0.25, 0.3) is 0 Å². The van der Waals surface area contributed by atoms with Gasteiger partial charge in [-0.2, -0.15) is 0 Å². The molecule has 0 bridgehead atoms. The Morgan fingerprint density at radius 2 is 1.76 bits per heavy atom. The monoisotopic (exact) mass is 530 g/mol. The van der Waals surface area contributed by atoms with Gasteiger partial charge < -0.3 is 29.2 Å². The molecular weight excluding hydrogens is 496 g/mol. The van der Waals surface area contributed by atoms with Gasteiger partial charge in [-0.25, -0.2) is 0 Å². The molecule has 1 saturated carbocycles. The second kappa shape index (κ2) is 12.4. The number of hydrogen-bond acceptors (Lipinski definition) is 6. The lowest BCUT2D eigenvalue weighted by atomic mass is 9.87. The van der Waals surface area contributed by atoms with Crippen molar-refractivity contribution in [3.05, 3.63) is 48.0 Å². The number of alkyl halides is 1. The van der Waals surface area contributed by atoms with Gasteiger partial charge in [0.1, 0.15) is 18.5 Å². The van der Waals surface area contributed by atoms with Crippen LogP contribution in [0.1, 0.15) is 44.2 Å². The zero-order valence-electron chi connectivity index (χ0n) is 21.6. The molecule has 2 aliphatic rings. The normalized spacial score (nSPS) is 21.5. The van der Waals surface area contributed by atoms with Crippen molar-refractivity contribution in [1.29, 1.82) is 0 Å². The number of nitrogens with zero attached hydrogens (tertiary/aromatic N) is 1. The lowest BCUT2D eigenvalue weighted by molar-refractivity contribution is -0.141. The zero-order valence-corrected chi connectivity index (χ0v) is 22.3. The Balaban J connectivity index is 1.65. The topological polar surface area (TPSA) is 86.3 Å². The third-order valence-corrected chi connectivity index (χ3v) is 7.28. The molecule has 37 heavy (non-hydrogen) atoms. The van der Waals surface area contributed by atoms with Crippen LogP contribution in [0.2, 0.25) is 0 Å². The molecular formula is C28H35ClN2O6. The van der Waals surface area contributed by atoms with Gasteiger partial charge in [0.05, 0.1) is 20.8 Å². The van der Waals surface area contributed by atoms with Crippen LogP contribution in [0.3, 0.4) is 0 Å². The number of fused-ring (bicyclic) bond motifs is 1. The third-order valence-electron chi connectivity index (χ3n) is 7.05. The fraction of sp³-hybridized carbons (Fsp3) is 0.500. The minimum Gasteiger partial charge on any atom is -0.493 e. The van der Waals surface area contributed by atoms with E-state index >= 15 is 0 Å². The van der Waals surface area contributed by atoms with Crippen molar-refractivity contribution in [1.82, 2.24) is 10.2 Å². The molecule has 8 nitrogen and oxygen atoms in total. The maximum absolute atomic E-state index is 13.9. The Morgan fingerprint density at radius 1 is 1.05 bits per heavy atom. The van der Waals surface area contributed by atoms with Crippen molar-refractivity contribution < 1.29 is 28.5 Å². The standard InChI is InChI=1S/C28H35ClN2O6/c1-18-8-11-20(12-9-18)30-28(33)27(19-10-13-22(34-2)25(14-19)35-3)31(26(32)15-29)16-21-17-36-23-6-4-5-7-24(23)37-21/h4-7,10,13-14,18,20-21,27H,8-9,11-12,15-17H2,1-3H3,(H,30,33). The van der Waals surface area contributed by atoms with E-state index in [0.29, 0.717) is 34.5 Å². The molecule has 2 aromatic carbocycles. The van der Waals surface area contributed by atoms with Crippen molar-refractivity contribution in [3.63, 3.8) is 0 Å². The smallest absolute Gasteiger partial charge is 0.247 e. The van der Waals surface area contributed by atoms with E-state index in [4.69, 9.17) is 30.5 Å². The van der Waals surface area contributed by atoms with Gasteiger partial charge in [-0.15, -0.1) is 11.6 Å². The van der Waals surface area contributed by atoms with Crippen LogP contribution in [-0.2, 0) is 9.59 Å². The van der Waals surface area contributed by atoms with E-state index < -0.39 is 12.1 Å². The summed E-state index contributed by atoms with van der Waals surface area (Å²) < 4.78 is 22.9. The third kappa shape index (κ3) is 6.42. The molecule has 0 aromatic heterocycles. The summed E-state index contributed by atoms with van der Waals surface area (Å²) in [5.74, 6) is 1.97. The maximum Gasteiger partial charge on any atom is 0.247 e. The number of rotatable bonds is 9. The molecule has 0 spiro atoms. The summed E-state index contributed by atoms with van der Waals surface area (Å²) in [6.07, 6.45) is 3.45. The molecule has 1 N–H and O–H groups in total. The Hall–Kier alpha value is -3.13. The molecule has 2 aromatic rings. The summed E-state index contributed by atoms with van der Waals surface area (Å²) in [5, 5.41) is 3.20. The number of carbonyl (C=O) groups excluding carboxylic acids is 2. The van der Waals surface area contributed by atoms with Crippen LogP contribution in [0.5, 0.6) is 23.0 Å². The number of ether oxygens (including phenoxy) is 4. The van der Waals surface area contributed by atoms with Gasteiger partial charge >= 0.3 is 0 Å². The Morgan fingerprint density at radius 3 is 2.43 bits per heavy atom. The number of benzene rings is 2. The number of nitrogens with one attached hydrogen (secondary N) is 1. The van der Waals surface area contributed by atoms with Crippen LogP contribution in [0.15, 0.2) is 42.5 Å².